The first-order chi connectivity index (χ1) is 8.24. The lowest BCUT2D eigenvalue weighted by Gasteiger charge is -2.22. The first-order valence-corrected chi connectivity index (χ1v) is 7.06. The van der Waals surface area contributed by atoms with Crippen molar-refractivity contribution in [3.05, 3.63) is 22.2 Å². The van der Waals surface area contributed by atoms with E-state index >= 15 is 0 Å². The topological polar surface area (TPSA) is 83.8 Å². The van der Waals surface area contributed by atoms with Crippen molar-refractivity contribution in [3.63, 3.8) is 0 Å². The number of thioether (sulfide) groups is 1. The number of aromatic nitrogens is 2. The Morgan fingerprint density at radius 3 is 3.24 bits per heavy atom. The quantitative estimate of drug-likeness (QED) is 0.723. The van der Waals surface area contributed by atoms with Gasteiger partial charge in [-0.15, -0.1) is 0 Å². The molecule has 0 amide bonds. The molecule has 2 rings (SSSR count). The number of rotatable bonds is 4. The van der Waals surface area contributed by atoms with Gasteiger partial charge in [0, 0.05) is 30.8 Å². The highest BCUT2D eigenvalue weighted by Gasteiger charge is 2.12. The fraction of sp³-hybridized carbons (Fsp3) is 0.636. The maximum Gasteiger partial charge on any atom is 0.252 e. The molecule has 0 spiro atoms. The smallest absolute Gasteiger partial charge is 0.252 e. The van der Waals surface area contributed by atoms with Crippen LogP contribution in [0, 0.1) is 0 Å². The monoisotopic (exact) mass is 254 g/mol. The number of aromatic amines is 1. The lowest BCUT2D eigenvalue weighted by molar-refractivity contribution is 0.507. The summed E-state index contributed by atoms with van der Waals surface area (Å²) in [6, 6.07) is 1.90. The van der Waals surface area contributed by atoms with Crippen LogP contribution in [0.25, 0.3) is 0 Å². The van der Waals surface area contributed by atoms with Gasteiger partial charge in [-0.3, -0.25) is 4.79 Å². The number of nitrogen functional groups attached to an aromatic ring is 1. The van der Waals surface area contributed by atoms with E-state index in [9.17, 15) is 4.79 Å². The number of hydrogen-bond donors (Lipinski definition) is 3. The molecule has 1 aromatic rings. The van der Waals surface area contributed by atoms with E-state index in [2.05, 4.69) is 15.3 Å². The van der Waals surface area contributed by atoms with E-state index in [4.69, 9.17) is 5.73 Å². The van der Waals surface area contributed by atoms with Crippen LogP contribution >= 0.6 is 11.8 Å². The minimum absolute atomic E-state index is 0.180. The molecule has 1 saturated heterocycles. The zero-order chi connectivity index (χ0) is 12.1. The van der Waals surface area contributed by atoms with Crippen molar-refractivity contribution in [3.8, 4) is 0 Å². The number of nitrogens with zero attached hydrogens (tertiary/aromatic N) is 1. The first-order valence-electron chi connectivity index (χ1n) is 5.91. The molecule has 0 radical (unpaired) electrons. The van der Waals surface area contributed by atoms with Gasteiger partial charge in [-0.1, -0.05) is 0 Å². The van der Waals surface area contributed by atoms with E-state index in [-0.39, 0.29) is 11.4 Å². The SMILES string of the molecule is Nc1cc(=O)[nH]c(CCNC2CCCSC2)n1. The Balaban J connectivity index is 1.79. The summed E-state index contributed by atoms with van der Waals surface area (Å²) in [6.07, 6.45) is 3.24. The second kappa shape index (κ2) is 6.07. The molecule has 1 aromatic heterocycles. The molecule has 17 heavy (non-hydrogen) atoms. The van der Waals surface area contributed by atoms with Crippen LogP contribution in [0.2, 0.25) is 0 Å². The average Bonchev–Trinajstić information content (AvgIpc) is 2.29. The van der Waals surface area contributed by atoms with Crippen LogP contribution in [0.15, 0.2) is 10.9 Å². The lowest BCUT2D eigenvalue weighted by Crippen LogP contribution is -2.35. The highest BCUT2D eigenvalue weighted by Crippen LogP contribution is 2.16. The Hall–Kier alpha value is -1.01. The van der Waals surface area contributed by atoms with Gasteiger partial charge in [0.05, 0.1) is 0 Å². The van der Waals surface area contributed by atoms with E-state index in [1.165, 1.54) is 30.4 Å². The van der Waals surface area contributed by atoms with E-state index in [1.54, 1.807) is 0 Å². The lowest BCUT2D eigenvalue weighted by atomic mass is 10.2. The highest BCUT2D eigenvalue weighted by atomic mass is 32.2. The molecule has 94 valence electrons. The van der Waals surface area contributed by atoms with E-state index in [0.717, 1.165) is 6.54 Å². The average molecular weight is 254 g/mol. The summed E-state index contributed by atoms with van der Waals surface area (Å²) in [7, 11) is 0. The third-order valence-corrected chi connectivity index (χ3v) is 3.98. The van der Waals surface area contributed by atoms with Crippen LogP contribution in [0.1, 0.15) is 18.7 Å². The molecule has 0 aromatic carbocycles. The fourth-order valence-corrected chi connectivity index (χ4v) is 3.05. The minimum atomic E-state index is -0.180. The van der Waals surface area contributed by atoms with Crippen molar-refractivity contribution in [1.82, 2.24) is 15.3 Å². The molecule has 0 bridgehead atoms. The molecule has 5 nitrogen and oxygen atoms in total. The molecule has 1 aliphatic rings. The molecule has 0 aliphatic carbocycles. The fourth-order valence-electron chi connectivity index (χ4n) is 1.94. The minimum Gasteiger partial charge on any atom is -0.383 e. The Morgan fingerprint density at radius 2 is 2.53 bits per heavy atom. The molecular formula is C11H18N4OS. The third-order valence-electron chi connectivity index (χ3n) is 2.77. The van der Waals surface area contributed by atoms with Crippen molar-refractivity contribution in [2.75, 3.05) is 23.8 Å². The molecule has 1 fully saturated rings. The van der Waals surface area contributed by atoms with Crippen LogP contribution < -0.4 is 16.6 Å². The maximum atomic E-state index is 11.2. The van der Waals surface area contributed by atoms with Crippen molar-refractivity contribution < 1.29 is 0 Å². The third kappa shape index (κ3) is 4.05. The van der Waals surface area contributed by atoms with Crippen LogP contribution in [0.3, 0.4) is 0 Å². The molecule has 2 heterocycles. The van der Waals surface area contributed by atoms with Crippen LogP contribution in [-0.2, 0) is 6.42 Å². The number of nitrogens with one attached hydrogen (secondary N) is 2. The summed E-state index contributed by atoms with van der Waals surface area (Å²) < 4.78 is 0. The van der Waals surface area contributed by atoms with Gasteiger partial charge in [0.25, 0.3) is 5.56 Å². The van der Waals surface area contributed by atoms with Crippen molar-refractivity contribution in [2.24, 2.45) is 0 Å². The standard InChI is InChI=1S/C11H18N4OS/c12-9-6-11(16)15-10(14-9)3-4-13-8-2-1-5-17-7-8/h6,8,13H,1-5,7H2,(H3,12,14,15,16). The van der Waals surface area contributed by atoms with Crippen LogP contribution in [0.4, 0.5) is 5.82 Å². The second-order valence-corrected chi connectivity index (χ2v) is 5.38. The van der Waals surface area contributed by atoms with E-state index < -0.39 is 0 Å². The Kier molecular flexibility index (Phi) is 4.44. The zero-order valence-electron chi connectivity index (χ0n) is 9.74. The number of anilines is 1. The predicted molar refractivity (Wildman–Crippen MR) is 71.3 cm³/mol. The van der Waals surface area contributed by atoms with Crippen molar-refractivity contribution >= 4 is 17.6 Å². The van der Waals surface area contributed by atoms with Gasteiger partial charge < -0.3 is 16.0 Å². The van der Waals surface area contributed by atoms with Crippen LogP contribution in [-0.4, -0.2) is 34.1 Å². The molecule has 1 aliphatic heterocycles. The summed E-state index contributed by atoms with van der Waals surface area (Å²) in [5, 5.41) is 3.49. The maximum absolute atomic E-state index is 11.2. The Bertz CT molecular complexity index is 414. The Morgan fingerprint density at radius 1 is 1.65 bits per heavy atom. The molecular weight excluding hydrogens is 236 g/mol. The molecule has 6 heteroatoms. The molecule has 4 N–H and O–H groups in total. The van der Waals surface area contributed by atoms with Gasteiger partial charge in [0.2, 0.25) is 0 Å². The highest BCUT2D eigenvalue weighted by molar-refractivity contribution is 7.99. The number of hydrogen-bond acceptors (Lipinski definition) is 5. The normalized spacial score (nSPS) is 20.4. The van der Waals surface area contributed by atoms with Gasteiger partial charge in [-0.05, 0) is 18.6 Å². The predicted octanol–water partition coefficient (Wildman–Crippen LogP) is 0.380. The Labute approximate surface area is 105 Å². The number of nitrogens with two attached hydrogens (primary N) is 1. The molecule has 1 atom stereocenters. The summed E-state index contributed by atoms with van der Waals surface area (Å²) in [4.78, 5) is 18.0. The van der Waals surface area contributed by atoms with Gasteiger partial charge in [-0.2, -0.15) is 11.8 Å². The summed E-state index contributed by atoms with van der Waals surface area (Å²) in [5.41, 5.74) is 5.34. The van der Waals surface area contributed by atoms with Gasteiger partial charge >= 0.3 is 0 Å². The van der Waals surface area contributed by atoms with Crippen LogP contribution in [0.5, 0.6) is 0 Å². The number of H-pyrrole nitrogens is 1. The second-order valence-electron chi connectivity index (χ2n) is 4.24. The van der Waals surface area contributed by atoms with E-state index in [0.29, 0.717) is 18.3 Å². The summed E-state index contributed by atoms with van der Waals surface area (Å²) in [6.45, 7) is 0.831. The van der Waals surface area contributed by atoms with Crippen molar-refractivity contribution in [1.29, 1.82) is 0 Å². The van der Waals surface area contributed by atoms with Crippen molar-refractivity contribution in [2.45, 2.75) is 25.3 Å². The molecule has 0 saturated carbocycles. The first kappa shape index (κ1) is 12.4. The van der Waals surface area contributed by atoms with Gasteiger partial charge in [0.15, 0.2) is 0 Å². The summed E-state index contributed by atoms with van der Waals surface area (Å²) >= 11 is 2.00. The zero-order valence-corrected chi connectivity index (χ0v) is 10.6. The van der Waals surface area contributed by atoms with Gasteiger partial charge in [-0.25, -0.2) is 4.98 Å². The summed E-state index contributed by atoms with van der Waals surface area (Å²) in [5.74, 6) is 3.41. The van der Waals surface area contributed by atoms with Gasteiger partial charge in [0.1, 0.15) is 11.6 Å². The largest absolute Gasteiger partial charge is 0.383 e. The van der Waals surface area contributed by atoms with E-state index in [1.807, 2.05) is 11.8 Å². The molecule has 1 unspecified atom stereocenters.